The number of hydrogen-bond donors (Lipinski definition) is 4. The summed E-state index contributed by atoms with van der Waals surface area (Å²) in [4.78, 5) is 0. The minimum absolute atomic E-state index is 0.00395. The number of aliphatic hydroxyl groups excluding tert-OH is 4. The molecular formula is C10H22O4S2. The van der Waals surface area contributed by atoms with Crippen molar-refractivity contribution in [2.24, 2.45) is 11.8 Å². The van der Waals surface area contributed by atoms with Crippen LogP contribution in [0.1, 0.15) is 12.8 Å². The molecule has 0 radical (unpaired) electrons. The molecule has 0 aromatic carbocycles. The fourth-order valence-electron chi connectivity index (χ4n) is 1.03. The third-order valence-corrected chi connectivity index (χ3v) is 4.81. The van der Waals surface area contributed by atoms with Gasteiger partial charge in [-0.3, -0.25) is 0 Å². The summed E-state index contributed by atoms with van der Waals surface area (Å²) < 4.78 is 0. The Morgan fingerprint density at radius 1 is 0.625 bits per heavy atom. The number of rotatable bonds is 11. The van der Waals surface area contributed by atoms with Crippen molar-refractivity contribution in [3.8, 4) is 0 Å². The molecule has 0 saturated carbocycles. The van der Waals surface area contributed by atoms with Crippen LogP contribution >= 0.6 is 21.6 Å². The molecule has 0 saturated heterocycles. The highest BCUT2D eigenvalue weighted by atomic mass is 33.1. The van der Waals surface area contributed by atoms with Crippen LogP contribution < -0.4 is 0 Å². The SMILES string of the molecule is OCC(CO)CCSSCCC(CO)CO. The number of aliphatic hydroxyl groups is 4. The van der Waals surface area contributed by atoms with Gasteiger partial charge >= 0.3 is 0 Å². The summed E-state index contributed by atoms with van der Waals surface area (Å²) in [5.74, 6) is 1.80. The molecule has 0 unspecified atom stereocenters. The molecule has 0 atom stereocenters. The summed E-state index contributed by atoms with van der Waals surface area (Å²) in [6.07, 6.45) is 1.63. The van der Waals surface area contributed by atoms with Crippen molar-refractivity contribution in [3.63, 3.8) is 0 Å². The van der Waals surface area contributed by atoms with E-state index >= 15 is 0 Å². The van der Waals surface area contributed by atoms with Gasteiger partial charge in [-0.05, 0) is 12.8 Å². The molecule has 0 aliphatic heterocycles. The standard InChI is InChI=1S/C10H22O4S2/c11-5-9(6-12)1-3-15-16-4-2-10(7-13)8-14/h9-14H,1-8H2. The topological polar surface area (TPSA) is 80.9 Å². The minimum Gasteiger partial charge on any atom is -0.396 e. The summed E-state index contributed by atoms with van der Waals surface area (Å²) >= 11 is 0. The average Bonchev–Trinajstić information content (AvgIpc) is 2.33. The predicted octanol–water partition coefficient (Wildman–Crippen LogP) is 0.350. The fraction of sp³-hybridized carbons (Fsp3) is 1.00. The highest BCUT2D eigenvalue weighted by molar-refractivity contribution is 8.76. The van der Waals surface area contributed by atoms with Crippen LogP contribution in [0.5, 0.6) is 0 Å². The highest BCUT2D eigenvalue weighted by Gasteiger charge is 2.07. The Hall–Kier alpha value is 0.540. The lowest BCUT2D eigenvalue weighted by Gasteiger charge is -2.11. The molecule has 0 aromatic rings. The Bertz CT molecular complexity index is 125. The van der Waals surface area contributed by atoms with E-state index in [0.717, 1.165) is 24.3 Å². The van der Waals surface area contributed by atoms with Crippen molar-refractivity contribution < 1.29 is 20.4 Å². The average molecular weight is 270 g/mol. The lowest BCUT2D eigenvalue weighted by atomic mass is 10.1. The summed E-state index contributed by atoms with van der Waals surface area (Å²) in [6, 6.07) is 0. The van der Waals surface area contributed by atoms with Gasteiger partial charge in [0.2, 0.25) is 0 Å². The predicted molar refractivity (Wildman–Crippen MR) is 69.5 cm³/mol. The van der Waals surface area contributed by atoms with Gasteiger partial charge in [-0.15, -0.1) is 0 Å². The van der Waals surface area contributed by atoms with Crippen LogP contribution in [0.3, 0.4) is 0 Å². The summed E-state index contributed by atoms with van der Waals surface area (Å²) in [6.45, 7) is 0.162. The molecule has 0 rings (SSSR count). The minimum atomic E-state index is -0.00395. The molecule has 4 nitrogen and oxygen atoms in total. The Balaban J connectivity index is 3.26. The third-order valence-electron chi connectivity index (χ3n) is 2.33. The van der Waals surface area contributed by atoms with Crippen molar-refractivity contribution in [1.29, 1.82) is 0 Å². The molecule has 0 bridgehead atoms. The van der Waals surface area contributed by atoms with Crippen molar-refractivity contribution in [2.75, 3.05) is 37.9 Å². The van der Waals surface area contributed by atoms with Gasteiger partial charge in [0, 0.05) is 49.8 Å². The summed E-state index contributed by atoms with van der Waals surface area (Å²) in [5, 5.41) is 35.3. The first-order valence-corrected chi connectivity index (χ1v) is 7.95. The molecule has 0 spiro atoms. The lowest BCUT2D eigenvalue weighted by molar-refractivity contribution is 0.148. The maximum absolute atomic E-state index is 8.83. The molecule has 98 valence electrons. The second-order valence-corrected chi connectivity index (χ2v) is 6.39. The van der Waals surface area contributed by atoms with E-state index in [1.165, 1.54) is 0 Å². The lowest BCUT2D eigenvalue weighted by Crippen LogP contribution is -2.12. The first-order chi connectivity index (χ1) is 7.78. The number of hydrogen-bond acceptors (Lipinski definition) is 6. The van der Waals surface area contributed by atoms with Crippen molar-refractivity contribution >= 4 is 21.6 Å². The monoisotopic (exact) mass is 270 g/mol. The van der Waals surface area contributed by atoms with E-state index in [1.807, 2.05) is 0 Å². The van der Waals surface area contributed by atoms with Gasteiger partial charge in [-0.2, -0.15) is 0 Å². The van der Waals surface area contributed by atoms with Crippen LogP contribution in [0.4, 0.5) is 0 Å². The van der Waals surface area contributed by atoms with Crippen LogP contribution in [0.15, 0.2) is 0 Å². The summed E-state index contributed by atoms with van der Waals surface area (Å²) in [7, 11) is 3.41. The highest BCUT2D eigenvalue weighted by Crippen LogP contribution is 2.25. The molecule has 0 heterocycles. The fourth-order valence-corrected chi connectivity index (χ4v) is 3.41. The zero-order valence-corrected chi connectivity index (χ0v) is 11.0. The molecule has 16 heavy (non-hydrogen) atoms. The molecule has 0 aliphatic rings. The smallest absolute Gasteiger partial charge is 0.0481 e. The van der Waals surface area contributed by atoms with E-state index in [9.17, 15) is 0 Å². The van der Waals surface area contributed by atoms with Crippen LogP contribution in [-0.2, 0) is 0 Å². The van der Waals surface area contributed by atoms with Crippen LogP contribution in [-0.4, -0.2) is 58.4 Å². The van der Waals surface area contributed by atoms with E-state index in [1.54, 1.807) is 21.6 Å². The molecule has 0 fully saturated rings. The van der Waals surface area contributed by atoms with E-state index in [2.05, 4.69) is 0 Å². The summed E-state index contributed by atoms with van der Waals surface area (Å²) in [5.41, 5.74) is 0. The van der Waals surface area contributed by atoms with Crippen LogP contribution in [0.2, 0.25) is 0 Å². The Labute approximate surface area is 105 Å². The van der Waals surface area contributed by atoms with E-state index in [4.69, 9.17) is 20.4 Å². The van der Waals surface area contributed by atoms with Gasteiger partial charge < -0.3 is 20.4 Å². The van der Waals surface area contributed by atoms with E-state index in [-0.39, 0.29) is 38.3 Å². The van der Waals surface area contributed by atoms with Crippen molar-refractivity contribution in [1.82, 2.24) is 0 Å². The Kier molecular flexibility index (Phi) is 12.4. The van der Waals surface area contributed by atoms with Gasteiger partial charge in [0.25, 0.3) is 0 Å². The van der Waals surface area contributed by atoms with Gasteiger partial charge in [-0.1, -0.05) is 21.6 Å². The third kappa shape index (κ3) is 8.66. The van der Waals surface area contributed by atoms with Crippen molar-refractivity contribution in [3.05, 3.63) is 0 Å². The first kappa shape index (κ1) is 16.5. The zero-order chi connectivity index (χ0) is 12.2. The van der Waals surface area contributed by atoms with Crippen molar-refractivity contribution in [2.45, 2.75) is 12.8 Å². The molecular weight excluding hydrogens is 248 g/mol. The Morgan fingerprint density at radius 3 is 1.19 bits per heavy atom. The van der Waals surface area contributed by atoms with Crippen LogP contribution in [0.25, 0.3) is 0 Å². The largest absolute Gasteiger partial charge is 0.396 e. The van der Waals surface area contributed by atoms with Gasteiger partial charge in [0.05, 0.1) is 0 Å². The molecule has 4 N–H and O–H groups in total. The van der Waals surface area contributed by atoms with Crippen LogP contribution in [0, 0.1) is 11.8 Å². The van der Waals surface area contributed by atoms with Gasteiger partial charge in [-0.25, -0.2) is 0 Å². The Morgan fingerprint density at radius 2 is 0.938 bits per heavy atom. The molecule has 6 heteroatoms. The molecule has 0 aliphatic carbocycles. The molecule has 0 aromatic heterocycles. The maximum Gasteiger partial charge on any atom is 0.0481 e. The van der Waals surface area contributed by atoms with Gasteiger partial charge in [0.15, 0.2) is 0 Å². The molecule has 0 amide bonds. The zero-order valence-electron chi connectivity index (χ0n) is 9.42. The van der Waals surface area contributed by atoms with E-state index < -0.39 is 0 Å². The van der Waals surface area contributed by atoms with E-state index in [0.29, 0.717) is 0 Å². The second-order valence-electron chi connectivity index (χ2n) is 3.68. The van der Waals surface area contributed by atoms with Gasteiger partial charge in [0.1, 0.15) is 0 Å². The first-order valence-electron chi connectivity index (χ1n) is 5.46. The maximum atomic E-state index is 8.83. The second kappa shape index (κ2) is 12.0. The normalized spacial score (nSPS) is 11.6. The quantitative estimate of drug-likeness (QED) is 0.320.